The van der Waals surface area contributed by atoms with Gasteiger partial charge in [0.15, 0.2) is 0 Å². The van der Waals surface area contributed by atoms with Crippen molar-refractivity contribution in [1.82, 2.24) is 0 Å². The summed E-state index contributed by atoms with van der Waals surface area (Å²) in [6, 6.07) is 19.6. The minimum absolute atomic E-state index is 0.802. The molecule has 0 aliphatic heterocycles. The maximum atomic E-state index is 5.27. The third-order valence-electron chi connectivity index (χ3n) is 5.17. The van der Waals surface area contributed by atoms with Crippen molar-refractivity contribution in [3.05, 3.63) is 94.0 Å². The van der Waals surface area contributed by atoms with Crippen LogP contribution in [0.25, 0.3) is 0 Å². The monoisotopic (exact) mass is 530 g/mol. The second-order valence-corrected chi connectivity index (χ2v) is 20.4. The Hall–Kier alpha value is -4.07. The van der Waals surface area contributed by atoms with Gasteiger partial charge in [-0.3, -0.25) is 0 Å². The number of hydrogen-bond acceptors (Lipinski definition) is 2. The van der Waals surface area contributed by atoms with Gasteiger partial charge in [-0.2, -0.15) is 0 Å². The summed E-state index contributed by atoms with van der Waals surface area (Å²) in [6.07, 6.45) is 0. The molecule has 0 bridgehead atoms. The molecule has 0 saturated heterocycles. The highest BCUT2D eigenvalue weighted by molar-refractivity contribution is 6.84. The van der Waals surface area contributed by atoms with Gasteiger partial charge in [-0.05, 0) is 60.7 Å². The Morgan fingerprint density at radius 1 is 0.447 bits per heavy atom. The molecule has 0 aliphatic carbocycles. The first-order chi connectivity index (χ1) is 18.0. The molecular weight excluding hydrogens is 497 g/mol. The van der Waals surface area contributed by atoms with Gasteiger partial charge in [-0.15, -0.1) is 11.1 Å². The molecule has 190 valence electrons. The van der Waals surface area contributed by atoms with Crippen LogP contribution in [0.3, 0.4) is 0 Å². The lowest BCUT2D eigenvalue weighted by atomic mass is 9.98. The average Bonchev–Trinajstić information content (AvgIpc) is 2.88. The number of methoxy groups -OCH3 is 2. The van der Waals surface area contributed by atoms with Gasteiger partial charge in [0.2, 0.25) is 0 Å². The van der Waals surface area contributed by atoms with Crippen molar-refractivity contribution in [2.24, 2.45) is 0 Å². The molecule has 0 radical (unpaired) electrons. The molecule has 0 atom stereocenters. The van der Waals surface area contributed by atoms with E-state index >= 15 is 0 Å². The van der Waals surface area contributed by atoms with Crippen LogP contribution in [0.2, 0.25) is 39.3 Å². The number of benzene rings is 3. The van der Waals surface area contributed by atoms with Crippen LogP contribution in [0.4, 0.5) is 0 Å². The van der Waals surface area contributed by atoms with E-state index in [-0.39, 0.29) is 0 Å². The molecule has 38 heavy (non-hydrogen) atoms. The maximum Gasteiger partial charge on any atom is 0.129 e. The zero-order chi connectivity index (χ0) is 27.8. The molecule has 0 unspecified atom stereocenters. The van der Waals surface area contributed by atoms with Crippen LogP contribution in [0.5, 0.6) is 11.5 Å². The van der Waals surface area contributed by atoms with Crippen molar-refractivity contribution in [3.63, 3.8) is 0 Å². The zero-order valence-corrected chi connectivity index (χ0v) is 25.6. The second kappa shape index (κ2) is 12.5. The molecule has 0 aromatic heterocycles. The van der Waals surface area contributed by atoms with Crippen LogP contribution in [0.1, 0.15) is 33.4 Å². The van der Waals surface area contributed by atoms with Crippen LogP contribution in [-0.4, -0.2) is 30.4 Å². The van der Waals surface area contributed by atoms with Gasteiger partial charge in [0.05, 0.1) is 14.2 Å². The number of rotatable bonds is 2. The zero-order valence-electron chi connectivity index (χ0n) is 23.6. The van der Waals surface area contributed by atoms with Gasteiger partial charge in [-0.25, -0.2) is 0 Å². The van der Waals surface area contributed by atoms with E-state index in [1.54, 1.807) is 14.2 Å². The summed E-state index contributed by atoms with van der Waals surface area (Å²) in [4.78, 5) is 0. The Kier molecular flexibility index (Phi) is 9.34. The third kappa shape index (κ3) is 9.10. The van der Waals surface area contributed by atoms with Gasteiger partial charge in [-0.1, -0.05) is 74.8 Å². The summed E-state index contributed by atoms with van der Waals surface area (Å²) >= 11 is 0. The fourth-order valence-corrected chi connectivity index (χ4v) is 4.17. The molecule has 0 spiro atoms. The molecule has 0 saturated carbocycles. The van der Waals surface area contributed by atoms with E-state index in [4.69, 9.17) is 9.47 Å². The number of ether oxygens (including phenoxy) is 2. The van der Waals surface area contributed by atoms with Gasteiger partial charge < -0.3 is 9.47 Å². The van der Waals surface area contributed by atoms with Gasteiger partial charge >= 0.3 is 0 Å². The van der Waals surface area contributed by atoms with E-state index < -0.39 is 16.1 Å². The largest absolute Gasteiger partial charge is 0.497 e. The fourth-order valence-electron chi connectivity index (χ4n) is 3.15. The summed E-state index contributed by atoms with van der Waals surface area (Å²) in [7, 11) is 0.138. The molecule has 0 aliphatic rings. The summed E-state index contributed by atoms with van der Waals surface area (Å²) in [5.74, 6) is 21.7. The van der Waals surface area contributed by atoms with E-state index in [1.807, 2.05) is 48.5 Å². The summed E-state index contributed by atoms with van der Waals surface area (Å²) in [5, 5.41) is 0. The van der Waals surface area contributed by atoms with Gasteiger partial charge in [0.1, 0.15) is 27.6 Å². The highest BCUT2D eigenvalue weighted by atomic mass is 28.3. The normalized spacial score (nSPS) is 10.3. The first-order valence-corrected chi connectivity index (χ1v) is 19.5. The van der Waals surface area contributed by atoms with Crippen LogP contribution in [0.15, 0.2) is 60.7 Å². The Morgan fingerprint density at radius 2 is 0.763 bits per heavy atom. The first-order valence-electron chi connectivity index (χ1n) is 12.5. The fraction of sp³-hybridized carbons (Fsp3) is 0.235. The van der Waals surface area contributed by atoms with E-state index in [9.17, 15) is 0 Å². The second-order valence-electron chi connectivity index (χ2n) is 10.9. The van der Waals surface area contributed by atoms with Crippen LogP contribution in [0, 0.1) is 46.6 Å². The van der Waals surface area contributed by atoms with E-state index in [1.165, 1.54) is 0 Å². The van der Waals surface area contributed by atoms with Crippen molar-refractivity contribution >= 4 is 16.1 Å². The highest BCUT2D eigenvalue weighted by Gasteiger charge is 2.11. The summed E-state index contributed by atoms with van der Waals surface area (Å²) in [6.45, 7) is 13.5. The van der Waals surface area contributed by atoms with E-state index in [2.05, 4.69) is 98.0 Å². The first kappa shape index (κ1) is 28.5. The van der Waals surface area contributed by atoms with Crippen LogP contribution < -0.4 is 9.47 Å². The van der Waals surface area contributed by atoms with Crippen molar-refractivity contribution in [2.75, 3.05) is 14.2 Å². The lowest BCUT2D eigenvalue weighted by molar-refractivity contribution is 0.414. The molecule has 4 heteroatoms. The smallest absolute Gasteiger partial charge is 0.129 e. The molecular formula is C34H34O2Si2. The molecule has 2 nitrogen and oxygen atoms in total. The van der Waals surface area contributed by atoms with Crippen molar-refractivity contribution in [2.45, 2.75) is 39.3 Å². The minimum Gasteiger partial charge on any atom is -0.497 e. The predicted molar refractivity (Wildman–Crippen MR) is 165 cm³/mol. The molecule has 0 N–H and O–H groups in total. The Labute approximate surface area is 230 Å². The topological polar surface area (TPSA) is 18.5 Å². The Morgan fingerprint density at radius 3 is 1.05 bits per heavy atom. The molecule has 0 amide bonds. The standard InChI is InChI=1S/C34H34O2Si2/c1-35-33-17-11-27(12-18-33)9-15-29-25-31(21-23-37(3,4)5)32(22-24-38(6,7)8)26-30(29)16-10-28-13-19-34(36-2)20-14-28/h11-14,17-20,25-26H,1-8H3. The molecule has 3 aromatic rings. The molecule has 0 heterocycles. The van der Waals surface area contributed by atoms with Gasteiger partial charge in [0.25, 0.3) is 0 Å². The Bertz CT molecular complexity index is 1420. The average molecular weight is 531 g/mol. The lowest BCUT2D eigenvalue weighted by Crippen LogP contribution is -2.17. The van der Waals surface area contributed by atoms with Crippen molar-refractivity contribution in [3.8, 4) is 58.1 Å². The van der Waals surface area contributed by atoms with Crippen molar-refractivity contribution < 1.29 is 9.47 Å². The summed E-state index contributed by atoms with van der Waals surface area (Å²) < 4.78 is 10.5. The SMILES string of the molecule is COc1ccc(C#Cc2cc(C#C[Si](C)(C)C)c(C#C[Si](C)(C)C)cc2C#Cc2ccc(OC)cc2)cc1. The maximum absolute atomic E-state index is 5.27. The molecule has 3 aromatic carbocycles. The molecule has 3 rings (SSSR count). The highest BCUT2D eigenvalue weighted by Crippen LogP contribution is 2.18. The van der Waals surface area contributed by atoms with Crippen molar-refractivity contribution in [1.29, 1.82) is 0 Å². The quantitative estimate of drug-likeness (QED) is 0.263. The molecule has 0 fully saturated rings. The van der Waals surface area contributed by atoms with Crippen LogP contribution in [-0.2, 0) is 0 Å². The van der Waals surface area contributed by atoms with E-state index in [0.717, 1.165) is 44.9 Å². The summed E-state index contributed by atoms with van der Waals surface area (Å²) in [5.41, 5.74) is 12.3. The van der Waals surface area contributed by atoms with E-state index in [0.29, 0.717) is 0 Å². The minimum atomic E-state index is -1.59. The number of hydrogen-bond donors (Lipinski definition) is 0. The predicted octanol–water partition coefficient (Wildman–Crippen LogP) is 6.96. The van der Waals surface area contributed by atoms with Gasteiger partial charge in [0, 0.05) is 33.4 Å². The lowest BCUT2D eigenvalue weighted by Gasteiger charge is -2.08. The Balaban J connectivity index is 2.20. The van der Waals surface area contributed by atoms with Crippen LogP contribution >= 0.6 is 0 Å². The third-order valence-corrected chi connectivity index (χ3v) is 6.92.